The summed E-state index contributed by atoms with van der Waals surface area (Å²) in [4.78, 5) is 17.1. The second kappa shape index (κ2) is 7.50. The summed E-state index contributed by atoms with van der Waals surface area (Å²) in [7, 11) is 0. The molecule has 0 saturated heterocycles. The summed E-state index contributed by atoms with van der Waals surface area (Å²) in [6.07, 6.45) is 3.62. The van der Waals surface area contributed by atoms with Crippen LogP contribution in [0.15, 0.2) is 52.9 Å². The maximum Gasteiger partial charge on any atom is 0.251 e. The van der Waals surface area contributed by atoms with Gasteiger partial charge in [-0.3, -0.25) is 4.79 Å². The van der Waals surface area contributed by atoms with Crippen molar-refractivity contribution in [2.24, 2.45) is 0 Å². The van der Waals surface area contributed by atoms with Crippen LogP contribution in [-0.4, -0.2) is 25.7 Å². The van der Waals surface area contributed by atoms with Crippen LogP contribution in [-0.2, 0) is 32.4 Å². The first-order chi connectivity index (χ1) is 14.3. The first kappa shape index (κ1) is 17.6. The minimum Gasteiger partial charge on any atom is -0.441 e. The number of carbonyl (C=O) groups is 1. The Hall–Kier alpha value is -3.48. The molecule has 146 valence electrons. The number of rotatable bonds is 6. The molecule has 5 rings (SSSR count). The van der Waals surface area contributed by atoms with Gasteiger partial charge in [0.1, 0.15) is 11.3 Å². The second-order valence-corrected chi connectivity index (χ2v) is 7.25. The summed E-state index contributed by atoms with van der Waals surface area (Å²) in [5.41, 5.74) is 3.19. The van der Waals surface area contributed by atoms with Crippen LogP contribution in [0.1, 0.15) is 39.9 Å². The molecule has 1 aliphatic rings. The number of aromatic nitrogens is 4. The Bertz CT molecular complexity index is 1160. The lowest BCUT2D eigenvalue weighted by Crippen LogP contribution is -2.24. The van der Waals surface area contributed by atoms with E-state index in [2.05, 4.69) is 37.2 Å². The van der Waals surface area contributed by atoms with E-state index in [-0.39, 0.29) is 5.91 Å². The van der Waals surface area contributed by atoms with Gasteiger partial charge >= 0.3 is 0 Å². The van der Waals surface area contributed by atoms with E-state index < -0.39 is 0 Å². The molecule has 2 aromatic heterocycles. The van der Waals surface area contributed by atoms with Crippen molar-refractivity contribution in [2.75, 3.05) is 0 Å². The first-order valence-corrected chi connectivity index (χ1v) is 9.89. The maximum atomic E-state index is 12.6. The van der Waals surface area contributed by atoms with E-state index in [1.165, 1.54) is 5.56 Å². The summed E-state index contributed by atoms with van der Waals surface area (Å²) in [5, 5.41) is 11.3. The molecule has 29 heavy (non-hydrogen) atoms. The van der Waals surface area contributed by atoms with Crippen LogP contribution in [0.3, 0.4) is 0 Å². The lowest BCUT2D eigenvalue weighted by molar-refractivity contribution is 0.0949. The van der Waals surface area contributed by atoms with Gasteiger partial charge in [0, 0.05) is 24.9 Å². The molecule has 4 aromatic rings. The minimum atomic E-state index is -0.156. The Labute approximate surface area is 167 Å². The molecule has 0 fully saturated rings. The van der Waals surface area contributed by atoms with Gasteiger partial charge in [0.05, 0.1) is 6.54 Å². The highest BCUT2D eigenvalue weighted by Gasteiger charge is 2.18. The highest BCUT2D eigenvalue weighted by molar-refractivity contribution is 5.97. The Morgan fingerprint density at radius 1 is 1.10 bits per heavy atom. The van der Waals surface area contributed by atoms with Gasteiger partial charge in [-0.2, -0.15) is 0 Å². The number of carbonyl (C=O) groups excluding carboxylic acids is 1. The number of nitrogens with one attached hydrogen (secondary N) is 1. The number of oxazole rings is 1. The Morgan fingerprint density at radius 3 is 2.90 bits per heavy atom. The molecule has 0 spiro atoms. The third-order valence-corrected chi connectivity index (χ3v) is 5.26. The van der Waals surface area contributed by atoms with E-state index in [1.807, 2.05) is 18.2 Å². The van der Waals surface area contributed by atoms with E-state index >= 15 is 0 Å². The summed E-state index contributed by atoms with van der Waals surface area (Å²) < 4.78 is 7.91. The molecule has 0 saturated carbocycles. The van der Waals surface area contributed by atoms with Crippen molar-refractivity contribution in [1.29, 1.82) is 0 Å². The van der Waals surface area contributed by atoms with Gasteiger partial charge in [-0.25, -0.2) is 4.98 Å². The summed E-state index contributed by atoms with van der Waals surface area (Å²) in [5.74, 6) is 2.33. The van der Waals surface area contributed by atoms with Crippen LogP contribution in [0.2, 0.25) is 0 Å². The van der Waals surface area contributed by atoms with Gasteiger partial charge < -0.3 is 14.3 Å². The fourth-order valence-corrected chi connectivity index (χ4v) is 3.72. The van der Waals surface area contributed by atoms with Crippen LogP contribution in [0.25, 0.3) is 11.1 Å². The zero-order chi connectivity index (χ0) is 19.6. The van der Waals surface area contributed by atoms with E-state index in [9.17, 15) is 4.79 Å². The highest BCUT2D eigenvalue weighted by atomic mass is 16.3. The van der Waals surface area contributed by atoms with Crippen molar-refractivity contribution in [3.8, 4) is 0 Å². The van der Waals surface area contributed by atoms with Gasteiger partial charge in [0.2, 0.25) is 0 Å². The quantitative estimate of drug-likeness (QED) is 0.549. The smallest absolute Gasteiger partial charge is 0.251 e. The van der Waals surface area contributed by atoms with E-state index in [0.717, 1.165) is 43.9 Å². The molecular formula is C22H21N5O2. The molecule has 0 radical (unpaired) electrons. The zero-order valence-corrected chi connectivity index (χ0v) is 16.0. The predicted octanol–water partition coefficient (Wildman–Crippen LogP) is 3.08. The van der Waals surface area contributed by atoms with E-state index in [4.69, 9.17) is 4.42 Å². The monoisotopic (exact) mass is 387 g/mol. The molecule has 3 heterocycles. The second-order valence-electron chi connectivity index (χ2n) is 7.25. The van der Waals surface area contributed by atoms with Gasteiger partial charge in [0.15, 0.2) is 17.3 Å². The third-order valence-electron chi connectivity index (χ3n) is 5.26. The van der Waals surface area contributed by atoms with Crippen LogP contribution in [0, 0.1) is 0 Å². The Kier molecular flexibility index (Phi) is 4.56. The van der Waals surface area contributed by atoms with Crippen LogP contribution >= 0.6 is 0 Å². The van der Waals surface area contributed by atoms with Gasteiger partial charge in [-0.1, -0.05) is 30.3 Å². The standard InChI is InChI=1S/C22H21N5O2/c28-22(23-14-20-26-25-19-7-4-12-27(19)20)16-9-10-18-17(13-16)24-21(29-18)11-8-15-5-2-1-3-6-15/h1-3,5-6,9-10,13H,4,7-8,11-12,14H2,(H,23,28). The number of nitrogens with zero attached hydrogens (tertiary/aromatic N) is 4. The van der Waals surface area contributed by atoms with Crippen molar-refractivity contribution >= 4 is 17.0 Å². The lowest BCUT2D eigenvalue weighted by atomic mass is 10.1. The number of benzene rings is 2. The van der Waals surface area contributed by atoms with Crippen molar-refractivity contribution in [3.05, 3.63) is 77.2 Å². The third kappa shape index (κ3) is 3.63. The molecule has 1 N–H and O–H groups in total. The van der Waals surface area contributed by atoms with Crippen molar-refractivity contribution < 1.29 is 9.21 Å². The normalized spacial score (nSPS) is 13.0. The Morgan fingerprint density at radius 2 is 2.00 bits per heavy atom. The number of aryl methyl sites for hydroxylation is 3. The molecule has 2 aromatic carbocycles. The van der Waals surface area contributed by atoms with Gasteiger partial charge in [-0.15, -0.1) is 10.2 Å². The largest absolute Gasteiger partial charge is 0.441 e. The summed E-state index contributed by atoms with van der Waals surface area (Å²) in [6, 6.07) is 15.6. The average Bonchev–Trinajstić information content (AvgIpc) is 3.46. The molecule has 0 unspecified atom stereocenters. The van der Waals surface area contributed by atoms with E-state index in [0.29, 0.717) is 29.1 Å². The van der Waals surface area contributed by atoms with Gasteiger partial charge in [0.25, 0.3) is 5.91 Å². The Balaban J connectivity index is 1.26. The lowest BCUT2D eigenvalue weighted by Gasteiger charge is -2.05. The topological polar surface area (TPSA) is 85.8 Å². The molecule has 0 atom stereocenters. The number of hydrogen-bond donors (Lipinski definition) is 1. The zero-order valence-electron chi connectivity index (χ0n) is 16.0. The maximum absolute atomic E-state index is 12.6. The van der Waals surface area contributed by atoms with Crippen molar-refractivity contribution in [2.45, 2.75) is 38.8 Å². The average molecular weight is 387 g/mol. The SMILES string of the molecule is O=C(NCc1nnc2n1CCC2)c1ccc2oc(CCc3ccccc3)nc2c1. The number of hydrogen-bond acceptors (Lipinski definition) is 5. The fourth-order valence-electron chi connectivity index (χ4n) is 3.72. The van der Waals surface area contributed by atoms with Crippen molar-refractivity contribution in [3.63, 3.8) is 0 Å². The number of amides is 1. The van der Waals surface area contributed by atoms with E-state index in [1.54, 1.807) is 18.2 Å². The van der Waals surface area contributed by atoms with Gasteiger partial charge in [-0.05, 0) is 36.6 Å². The van der Waals surface area contributed by atoms with Crippen molar-refractivity contribution in [1.82, 2.24) is 25.1 Å². The number of fused-ring (bicyclic) bond motifs is 2. The first-order valence-electron chi connectivity index (χ1n) is 9.89. The fraction of sp³-hybridized carbons (Fsp3) is 0.273. The van der Waals surface area contributed by atoms with Crippen LogP contribution in [0.4, 0.5) is 0 Å². The molecular weight excluding hydrogens is 366 g/mol. The minimum absolute atomic E-state index is 0.156. The molecule has 0 aliphatic carbocycles. The predicted molar refractivity (Wildman–Crippen MR) is 107 cm³/mol. The molecule has 1 aliphatic heterocycles. The molecule has 0 bridgehead atoms. The van der Waals surface area contributed by atoms with Crippen LogP contribution in [0.5, 0.6) is 0 Å². The molecule has 1 amide bonds. The highest BCUT2D eigenvalue weighted by Crippen LogP contribution is 2.19. The molecule has 7 nitrogen and oxygen atoms in total. The van der Waals surface area contributed by atoms with Crippen LogP contribution < -0.4 is 5.32 Å². The molecule has 7 heteroatoms. The summed E-state index contributed by atoms with van der Waals surface area (Å²) >= 11 is 0. The summed E-state index contributed by atoms with van der Waals surface area (Å²) in [6.45, 7) is 1.29.